The van der Waals surface area contributed by atoms with E-state index in [0.717, 1.165) is 16.9 Å². The van der Waals surface area contributed by atoms with E-state index in [1.165, 1.54) is 6.07 Å². The highest BCUT2D eigenvalue weighted by Gasteiger charge is 2.09. The summed E-state index contributed by atoms with van der Waals surface area (Å²) in [7, 11) is 1.64. The van der Waals surface area contributed by atoms with Crippen molar-refractivity contribution < 1.29 is 4.74 Å². The summed E-state index contributed by atoms with van der Waals surface area (Å²) in [6.07, 6.45) is 0. The molecule has 0 spiro atoms. The lowest BCUT2D eigenvalue weighted by Crippen LogP contribution is -2.15. The molecule has 0 saturated carbocycles. The summed E-state index contributed by atoms with van der Waals surface area (Å²) < 4.78 is 5.17. The van der Waals surface area contributed by atoms with Gasteiger partial charge in [-0.25, -0.2) is 4.98 Å². The first-order valence-corrected chi connectivity index (χ1v) is 7.73. The van der Waals surface area contributed by atoms with E-state index >= 15 is 0 Å². The first-order valence-electron chi connectivity index (χ1n) is 7.73. The number of nitrogens with zero attached hydrogens (tertiary/aromatic N) is 1. The Balaban J connectivity index is 1.84. The minimum Gasteiger partial charge on any atom is -0.497 e. The van der Waals surface area contributed by atoms with E-state index in [4.69, 9.17) is 4.74 Å². The Kier molecular flexibility index (Phi) is 4.61. The fourth-order valence-electron chi connectivity index (χ4n) is 2.46. The van der Waals surface area contributed by atoms with Crippen LogP contribution in [0.4, 0.5) is 5.95 Å². The highest BCUT2D eigenvalue weighted by molar-refractivity contribution is 5.59. The monoisotopic (exact) mass is 321 g/mol. The number of aromatic nitrogens is 2. The maximum Gasteiger partial charge on any atom is 0.252 e. The van der Waals surface area contributed by atoms with Crippen molar-refractivity contribution in [1.29, 1.82) is 0 Å². The van der Waals surface area contributed by atoms with Crippen LogP contribution in [0.3, 0.4) is 0 Å². The standard InChI is InChI=1S/C19H19N3O2/c1-13(14-8-10-16(24-2)11-9-14)20-19-21-17(12-18(23)22-19)15-6-4-3-5-7-15/h3-13H,1-2H3,(H2,20,21,22,23). The highest BCUT2D eigenvalue weighted by Crippen LogP contribution is 2.21. The average Bonchev–Trinajstić information content (AvgIpc) is 2.62. The van der Waals surface area contributed by atoms with Crippen molar-refractivity contribution in [2.45, 2.75) is 13.0 Å². The molecule has 24 heavy (non-hydrogen) atoms. The van der Waals surface area contributed by atoms with Gasteiger partial charge in [0.05, 0.1) is 18.8 Å². The van der Waals surface area contributed by atoms with Crippen LogP contribution in [0.1, 0.15) is 18.5 Å². The van der Waals surface area contributed by atoms with Crippen LogP contribution < -0.4 is 15.6 Å². The Morgan fingerprint density at radius 1 is 1.08 bits per heavy atom. The molecule has 1 atom stereocenters. The zero-order valence-electron chi connectivity index (χ0n) is 13.6. The molecule has 1 unspecified atom stereocenters. The molecule has 2 aromatic carbocycles. The van der Waals surface area contributed by atoms with Crippen LogP contribution in [0, 0.1) is 0 Å². The van der Waals surface area contributed by atoms with Gasteiger partial charge in [-0.05, 0) is 24.6 Å². The van der Waals surface area contributed by atoms with E-state index in [2.05, 4.69) is 15.3 Å². The zero-order valence-corrected chi connectivity index (χ0v) is 13.6. The molecule has 122 valence electrons. The van der Waals surface area contributed by atoms with Crippen molar-refractivity contribution in [3.8, 4) is 17.0 Å². The second-order valence-electron chi connectivity index (χ2n) is 5.48. The summed E-state index contributed by atoms with van der Waals surface area (Å²) >= 11 is 0. The van der Waals surface area contributed by atoms with Crippen molar-refractivity contribution in [3.63, 3.8) is 0 Å². The van der Waals surface area contributed by atoms with Gasteiger partial charge in [-0.1, -0.05) is 42.5 Å². The fraction of sp³-hybridized carbons (Fsp3) is 0.158. The Hall–Kier alpha value is -3.08. The molecule has 0 saturated heterocycles. The van der Waals surface area contributed by atoms with Gasteiger partial charge in [0, 0.05) is 11.6 Å². The molecule has 0 radical (unpaired) electrons. The van der Waals surface area contributed by atoms with Gasteiger partial charge in [0.1, 0.15) is 5.75 Å². The maximum atomic E-state index is 11.9. The van der Waals surface area contributed by atoms with Crippen LogP contribution in [0.5, 0.6) is 5.75 Å². The van der Waals surface area contributed by atoms with Crippen LogP contribution in [-0.2, 0) is 0 Å². The van der Waals surface area contributed by atoms with Crippen LogP contribution in [0.2, 0.25) is 0 Å². The molecule has 0 aliphatic heterocycles. The predicted molar refractivity (Wildman–Crippen MR) is 95.3 cm³/mol. The minimum atomic E-state index is -0.187. The van der Waals surface area contributed by atoms with Crippen molar-refractivity contribution in [2.24, 2.45) is 0 Å². The van der Waals surface area contributed by atoms with Gasteiger partial charge in [-0.15, -0.1) is 0 Å². The highest BCUT2D eigenvalue weighted by atomic mass is 16.5. The summed E-state index contributed by atoms with van der Waals surface area (Å²) in [5.74, 6) is 1.26. The molecule has 2 N–H and O–H groups in total. The Labute approximate surface area is 140 Å². The van der Waals surface area contributed by atoms with Gasteiger partial charge in [0.15, 0.2) is 0 Å². The largest absolute Gasteiger partial charge is 0.497 e. The smallest absolute Gasteiger partial charge is 0.252 e. The summed E-state index contributed by atoms with van der Waals surface area (Å²) in [4.78, 5) is 19.2. The molecule has 0 amide bonds. The summed E-state index contributed by atoms with van der Waals surface area (Å²) in [5, 5.41) is 3.24. The maximum absolute atomic E-state index is 11.9. The van der Waals surface area contributed by atoms with Crippen molar-refractivity contribution in [1.82, 2.24) is 9.97 Å². The molecule has 3 rings (SSSR count). The Morgan fingerprint density at radius 3 is 2.46 bits per heavy atom. The van der Waals surface area contributed by atoms with Gasteiger partial charge >= 0.3 is 0 Å². The molecule has 5 nitrogen and oxygen atoms in total. The number of anilines is 1. The van der Waals surface area contributed by atoms with Crippen LogP contribution in [-0.4, -0.2) is 17.1 Å². The van der Waals surface area contributed by atoms with E-state index in [-0.39, 0.29) is 11.6 Å². The van der Waals surface area contributed by atoms with E-state index in [0.29, 0.717) is 11.6 Å². The molecule has 3 aromatic rings. The number of aromatic amines is 1. The van der Waals surface area contributed by atoms with Gasteiger partial charge in [-0.3, -0.25) is 9.78 Å². The first kappa shape index (κ1) is 15.8. The number of nitrogens with one attached hydrogen (secondary N) is 2. The van der Waals surface area contributed by atoms with Crippen LogP contribution in [0.15, 0.2) is 65.5 Å². The molecular weight excluding hydrogens is 302 g/mol. The van der Waals surface area contributed by atoms with Gasteiger partial charge in [0.2, 0.25) is 5.95 Å². The van der Waals surface area contributed by atoms with E-state index in [1.54, 1.807) is 7.11 Å². The van der Waals surface area contributed by atoms with E-state index < -0.39 is 0 Å². The third kappa shape index (κ3) is 3.63. The summed E-state index contributed by atoms with van der Waals surface area (Å²) in [6.45, 7) is 2.01. The molecular formula is C19H19N3O2. The van der Waals surface area contributed by atoms with E-state index in [9.17, 15) is 4.79 Å². The third-order valence-corrected chi connectivity index (χ3v) is 3.78. The van der Waals surface area contributed by atoms with Crippen molar-refractivity contribution in [3.05, 3.63) is 76.6 Å². The minimum absolute atomic E-state index is 0.00919. The van der Waals surface area contributed by atoms with Crippen LogP contribution in [0.25, 0.3) is 11.3 Å². The molecule has 1 heterocycles. The topological polar surface area (TPSA) is 67.0 Å². The molecule has 1 aromatic heterocycles. The van der Waals surface area contributed by atoms with Crippen molar-refractivity contribution >= 4 is 5.95 Å². The fourth-order valence-corrected chi connectivity index (χ4v) is 2.46. The lowest BCUT2D eigenvalue weighted by atomic mass is 10.1. The lowest BCUT2D eigenvalue weighted by molar-refractivity contribution is 0.414. The Bertz CT molecular complexity index is 858. The number of H-pyrrole nitrogens is 1. The predicted octanol–water partition coefficient (Wildman–Crippen LogP) is 3.62. The SMILES string of the molecule is COc1ccc(C(C)Nc2nc(-c3ccccc3)cc(=O)[nH]2)cc1. The molecule has 0 fully saturated rings. The third-order valence-electron chi connectivity index (χ3n) is 3.78. The first-order chi connectivity index (χ1) is 11.7. The average molecular weight is 321 g/mol. The number of rotatable bonds is 5. The number of ether oxygens (including phenoxy) is 1. The normalized spacial score (nSPS) is 11.8. The van der Waals surface area contributed by atoms with Gasteiger partial charge in [0.25, 0.3) is 5.56 Å². The number of hydrogen-bond acceptors (Lipinski definition) is 4. The second kappa shape index (κ2) is 7.00. The van der Waals surface area contributed by atoms with E-state index in [1.807, 2.05) is 61.5 Å². The zero-order chi connectivity index (χ0) is 16.9. The number of benzene rings is 2. The quantitative estimate of drug-likeness (QED) is 0.753. The lowest BCUT2D eigenvalue weighted by Gasteiger charge is -2.15. The second-order valence-corrected chi connectivity index (χ2v) is 5.48. The summed E-state index contributed by atoms with van der Waals surface area (Å²) in [5.41, 5.74) is 2.43. The van der Waals surface area contributed by atoms with Crippen LogP contribution >= 0.6 is 0 Å². The molecule has 0 aliphatic rings. The van der Waals surface area contributed by atoms with Gasteiger partial charge in [-0.2, -0.15) is 0 Å². The molecule has 0 aliphatic carbocycles. The number of hydrogen-bond donors (Lipinski definition) is 2. The Morgan fingerprint density at radius 2 is 1.79 bits per heavy atom. The molecule has 0 bridgehead atoms. The van der Waals surface area contributed by atoms with Crippen molar-refractivity contribution in [2.75, 3.05) is 12.4 Å². The summed E-state index contributed by atoms with van der Waals surface area (Å²) in [6, 6.07) is 18.9. The number of methoxy groups -OCH3 is 1. The van der Waals surface area contributed by atoms with Gasteiger partial charge < -0.3 is 10.1 Å². The molecule has 5 heteroatoms.